The molecule has 0 spiro atoms. The van der Waals surface area contributed by atoms with Crippen LogP contribution in [0.3, 0.4) is 0 Å². The van der Waals surface area contributed by atoms with Gasteiger partial charge in [0.1, 0.15) is 16.6 Å². The maximum atomic E-state index is 13.7. The summed E-state index contributed by atoms with van der Waals surface area (Å²) in [4.78, 5) is 0.0651. The Morgan fingerprint density at radius 1 is 1.19 bits per heavy atom. The maximum absolute atomic E-state index is 13.7. The van der Waals surface area contributed by atoms with Gasteiger partial charge in [-0.25, -0.2) is 4.39 Å². The van der Waals surface area contributed by atoms with Crippen LogP contribution < -0.4 is 15.8 Å². The number of ether oxygens (including phenoxy) is 1. The van der Waals surface area contributed by atoms with E-state index in [1.54, 1.807) is 12.1 Å². The van der Waals surface area contributed by atoms with Crippen LogP contribution in [0.2, 0.25) is 0 Å². The van der Waals surface area contributed by atoms with E-state index in [9.17, 15) is 4.39 Å². The van der Waals surface area contributed by atoms with Crippen molar-refractivity contribution in [2.75, 3.05) is 18.5 Å². The Labute approximate surface area is 128 Å². The van der Waals surface area contributed by atoms with Gasteiger partial charge >= 0.3 is 0 Å². The molecule has 0 aromatic heterocycles. The van der Waals surface area contributed by atoms with Crippen molar-refractivity contribution >= 4 is 22.9 Å². The molecule has 0 aliphatic heterocycles. The lowest BCUT2D eigenvalue weighted by molar-refractivity contribution is 0.315. The number of anilines is 1. The van der Waals surface area contributed by atoms with Crippen molar-refractivity contribution in [1.82, 2.24) is 0 Å². The summed E-state index contributed by atoms with van der Waals surface area (Å²) in [5, 5.41) is 3.13. The van der Waals surface area contributed by atoms with Crippen LogP contribution in [0.25, 0.3) is 0 Å². The molecular formula is C16H17FN2OS. The van der Waals surface area contributed by atoms with Gasteiger partial charge in [-0.2, -0.15) is 0 Å². The van der Waals surface area contributed by atoms with E-state index in [0.717, 1.165) is 12.2 Å². The quantitative estimate of drug-likeness (QED) is 0.608. The molecule has 2 rings (SSSR count). The Kier molecular flexibility index (Phi) is 5.51. The third kappa shape index (κ3) is 4.72. The van der Waals surface area contributed by atoms with Gasteiger partial charge in [0.25, 0.3) is 0 Å². The summed E-state index contributed by atoms with van der Waals surface area (Å²) in [6.45, 7) is 1.29. The van der Waals surface area contributed by atoms with Gasteiger partial charge in [0.05, 0.1) is 6.61 Å². The molecule has 0 heterocycles. The molecule has 3 N–H and O–H groups in total. The Balaban J connectivity index is 1.74. The third-order valence-corrected chi connectivity index (χ3v) is 3.12. The lowest BCUT2D eigenvalue weighted by Gasteiger charge is -2.09. The molecule has 0 amide bonds. The highest BCUT2D eigenvalue weighted by atomic mass is 32.1. The second kappa shape index (κ2) is 7.59. The molecule has 0 unspecified atom stereocenters. The Morgan fingerprint density at radius 2 is 1.95 bits per heavy atom. The number of rotatable bonds is 7. The van der Waals surface area contributed by atoms with Crippen molar-refractivity contribution in [3.8, 4) is 5.75 Å². The van der Waals surface area contributed by atoms with E-state index in [1.807, 2.05) is 30.3 Å². The molecule has 110 valence electrons. The van der Waals surface area contributed by atoms with E-state index < -0.39 is 5.82 Å². The number of thiocarbonyl (C=S) groups is 1. The number of hydrogen-bond donors (Lipinski definition) is 2. The minimum Gasteiger partial charge on any atom is -0.494 e. The molecule has 0 radical (unpaired) electrons. The minimum absolute atomic E-state index is 0.0651. The van der Waals surface area contributed by atoms with Crippen LogP contribution in [0.15, 0.2) is 48.5 Å². The van der Waals surface area contributed by atoms with E-state index in [-0.39, 0.29) is 10.6 Å². The number of nitrogens with one attached hydrogen (secondary N) is 1. The van der Waals surface area contributed by atoms with E-state index in [1.165, 1.54) is 6.07 Å². The van der Waals surface area contributed by atoms with Gasteiger partial charge in [0.2, 0.25) is 0 Å². The van der Waals surface area contributed by atoms with Gasteiger partial charge < -0.3 is 15.8 Å². The van der Waals surface area contributed by atoms with Crippen LogP contribution in [0.5, 0.6) is 5.75 Å². The third-order valence-electron chi connectivity index (χ3n) is 2.90. The second-order valence-corrected chi connectivity index (χ2v) is 4.94. The molecule has 3 nitrogen and oxygen atoms in total. The number of halogens is 1. The largest absolute Gasteiger partial charge is 0.494 e. The van der Waals surface area contributed by atoms with Crippen LogP contribution in [0.1, 0.15) is 12.0 Å². The summed E-state index contributed by atoms with van der Waals surface area (Å²) >= 11 is 4.76. The lowest BCUT2D eigenvalue weighted by Crippen LogP contribution is -2.12. The molecule has 0 aliphatic rings. The van der Waals surface area contributed by atoms with Gasteiger partial charge in [-0.05, 0) is 36.8 Å². The van der Waals surface area contributed by atoms with Crippen molar-refractivity contribution in [2.45, 2.75) is 6.42 Å². The molecule has 0 bridgehead atoms. The first kappa shape index (κ1) is 15.3. The second-order valence-electron chi connectivity index (χ2n) is 4.50. The van der Waals surface area contributed by atoms with E-state index in [4.69, 9.17) is 22.7 Å². The summed E-state index contributed by atoms with van der Waals surface area (Å²) in [5.41, 5.74) is 6.38. The fraction of sp³-hybridized carbons (Fsp3) is 0.188. The summed E-state index contributed by atoms with van der Waals surface area (Å²) in [7, 11) is 0. The van der Waals surface area contributed by atoms with Crippen LogP contribution in [-0.2, 0) is 0 Å². The van der Waals surface area contributed by atoms with Crippen molar-refractivity contribution in [3.05, 3.63) is 59.9 Å². The van der Waals surface area contributed by atoms with Gasteiger partial charge in [-0.1, -0.05) is 30.4 Å². The van der Waals surface area contributed by atoms with Gasteiger partial charge in [-0.15, -0.1) is 0 Å². The predicted molar refractivity (Wildman–Crippen MR) is 87.3 cm³/mol. The van der Waals surface area contributed by atoms with E-state index >= 15 is 0 Å². The standard InChI is InChI=1S/C16H17FN2OS/c17-15-11-12(7-8-14(15)16(18)21)19-9-4-10-20-13-5-2-1-3-6-13/h1-3,5-8,11,19H,4,9-10H2,(H2,18,21). The first-order chi connectivity index (χ1) is 10.2. The fourth-order valence-electron chi connectivity index (χ4n) is 1.84. The van der Waals surface area contributed by atoms with Crippen molar-refractivity contribution < 1.29 is 9.13 Å². The SMILES string of the molecule is NC(=S)c1ccc(NCCCOc2ccccc2)cc1F. The highest BCUT2D eigenvalue weighted by Crippen LogP contribution is 2.14. The Morgan fingerprint density at radius 3 is 2.62 bits per heavy atom. The molecular weight excluding hydrogens is 287 g/mol. The number of benzene rings is 2. The predicted octanol–water partition coefficient (Wildman–Crippen LogP) is 3.34. The zero-order chi connectivity index (χ0) is 15.1. The first-order valence-corrected chi connectivity index (χ1v) is 7.09. The number of hydrogen-bond acceptors (Lipinski definition) is 3. The molecule has 2 aromatic carbocycles. The lowest BCUT2D eigenvalue weighted by atomic mass is 10.2. The highest BCUT2D eigenvalue weighted by molar-refractivity contribution is 7.80. The minimum atomic E-state index is -0.409. The van der Waals surface area contributed by atoms with Gasteiger partial charge in [0.15, 0.2) is 0 Å². The van der Waals surface area contributed by atoms with Gasteiger partial charge in [-0.3, -0.25) is 0 Å². The van der Waals surface area contributed by atoms with Crippen LogP contribution in [-0.4, -0.2) is 18.1 Å². The summed E-state index contributed by atoms with van der Waals surface area (Å²) in [5.74, 6) is 0.442. The summed E-state index contributed by atoms with van der Waals surface area (Å²) in [6.07, 6.45) is 0.813. The number of para-hydroxylation sites is 1. The molecule has 0 aliphatic carbocycles. The first-order valence-electron chi connectivity index (χ1n) is 6.68. The average molecular weight is 304 g/mol. The summed E-state index contributed by atoms with van der Waals surface area (Å²) in [6, 6.07) is 14.4. The number of nitrogens with two attached hydrogens (primary N) is 1. The Hall–Kier alpha value is -2.14. The smallest absolute Gasteiger partial charge is 0.135 e. The fourth-order valence-corrected chi connectivity index (χ4v) is 2.00. The molecule has 5 heteroatoms. The molecule has 0 fully saturated rings. The zero-order valence-electron chi connectivity index (χ0n) is 11.5. The normalized spacial score (nSPS) is 10.1. The average Bonchev–Trinajstić information content (AvgIpc) is 2.47. The Bertz CT molecular complexity index is 604. The van der Waals surface area contributed by atoms with E-state index in [0.29, 0.717) is 18.8 Å². The topological polar surface area (TPSA) is 47.3 Å². The van der Waals surface area contributed by atoms with Crippen LogP contribution >= 0.6 is 12.2 Å². The van der Waals surface area contributed by atoms with Gasteiger partial charge in [0, 0.05) is 17.8 Å². The van der Waals surface area contributed by atoms with Crippen molar-refractivity contribution in [3.63, 3.8) is 0 Å². The summed E-state index contributed by atoms with van der Waals surface area (Å²) < 4.78 is 19.2. The van der Waals surface area contributed by atoms with Crippen molar-refractivity contribution in [1.29, 1.82) is 0 Å². The maximum Gasteiger partial charge on any atom is 0.135 e. The van der Waals surface area contributed by atoms with Crippen molar-refractivity contribution in [2.24, 2.45) is 5.73 Å². The molecule has 0 atom stereocenters. The zero-order valence-corrected chi connectivity index (χ0v) is 12.3. The molecule has 21 heavy (non-hydrogen) atoms. The van der Waals surface area contributed by atoms with Crippen LogP contribution in [0.4, 0.5) is 10.1 Å². The molecule has 0 saturated carbocycles. The molecule has 0 saturated heterocycles. The monoisotopic (exact) mass is 304 g/mol. The van der Waals surface area contributed by atoms with Crippen LogP contribution in [0, 0.1) is 5.82 Å². The molecule has 2 aromatic rings. The van der Waals surface area contributed by atoms with E-state index in [2.05, 4.69) is 5.32 Å². The highest BCUT2D eigenvalue weighted by Gasteiger charge is 2.05.